The topological polar surface area (TPSA) is 57.5 Å². The normalized spacial score (nSPS) is 10.3. The van der Waals surface area contributed by atoms with Gasteiger partial charge >= 0.3 is 5.97 Å². The Morgan fingerprint density at radius 2 is 1.50 bits per heavy atom. The van der Waals surface area contributed by atoms with Gasteiger partial charge in [-0.3, -0.25) is 0 Å². The molecular formula is C21H16O3. The van der Waals surface area contributed by atoms with Gasteiger partial charge in [0.1, 0.15) is 11.3 Å². The molecule has 3 aromatic carbocycles. The zero-order valence-electron chi connectivity index (χ0n) is 12.9. The molecule has 24 heavy (non-hydrogen) atoms. The second-order valence-corrected chi connectivity index (χ2v) is 5.43. The lowest BCUT2D eigenvalue weighted by molar-refractivity contribution is 0.0693. The van der Waals surface area contributed by atoms with Crippen molar-refractivity contribution in [1.29, 1.82) is 0 Å². The molecule has 3 aromatic rings. The van der Waals surface area contributed by atoms with Gasteiger partial charge < -0.3 is 10.2 Å². The molecule has 0 radical (unpaired) electrons. The minimum absolute atomic E-state index is 0.133. The summed E-state index contributed by atoms with van der Waals surface area (Å²) in [4.78, 5) is 11.2. The monoisotopic (exact) mass is 316 g/mol. The van der Waals surface area contributed by atoms with Crippen molar-refractivity contribution in [3.05, 3.63) is 96.1 Å². The van der Waals surface area contributed by atoms with E-state index in [2.05, 4.69) is 6.58 Å². The van der Waals surface area contributed by atoms with E-state index in [-0.39, 0.29) is 11.3 Å². The Bertz CT molecular complexity index is 911. The average Bonchev–Trinajstić information content (AvgIpc) is 2.62. The fraction of sp³-hybridized carbons (Fsp3) is 0. The van der Waals surface area contributed by atoms with Gasteiger partial charge in [0.25, 0.3) is 0 Å². The number of hydrogen-bond donors (Lipinski definition) is 2. The molecule has 0 aliphatic rings. The van der Waals surface area contributed by atoms with Gasteiger partial charge in [-0.2, -0.15) is 0 Å². The van der Waals surface area contributed by atoms with Gasteiger partial charge in [-0.1, -0.05) is 67.2 Å². The van der Waals surface area contributed by atoms with Crippen LogP contribution in [-0.4, -0.2) is 16.2 Å². The highest BCUT2D eigenvalue weighted by Gasteiger charge is 2.14. The maximum absolute atomic E-state index is 11.2. The predicted molar refractivity (Wildman–Crippen MR) is 95.1 cm³/mol. The number of aromatic carboxylic acids is 1. The third-order valence-electron chi connectivity index (χ3n) is 3.91. The van der Waals surface area contributed by atoms with Crippen molar-refractivity contribution in [1.82, 2.24) is 0 Å². The van der Waals surface area contributed by atoms with Gasteiger partial charge in [0.05, 0.1) is 0 Å². The summed E-state index contributed by atoms with van der Waals surface area (Å²) in [5.74, 6) is -1.42. The Morgan fingerprint density at radius 1 is 0.833 bits per heavy atom. The van der Waals surface area contributed by atoms with E-state index in [1.165, 1.54) is 12.1 Å². The van der Waals surface area contributed by atoms with Gasteiger partial charge in [-0.25, -0.2) is 4.79 Å². The van der Waals surface area contributed by atoms with Crippen LogP contribution in [0.15, 0.2) is 79.4 Å². The maximum Gasteiger partial charge on any atom is 0.339 e. The number of carboxylic acids is 1. The molecule has 0 atom stereocenters. The number of phenols is 1. The standard InChI is InChI=1S/C21H16O3/c1-14(16-11-12-20(22)19(13-16)21(23)24)17-9-5-6-10-18(17)15-7-3-2-4-8-15/h2-13,22H,1H2,(H,23,24). The molecule has 0 aromatic heterocycles. The first kappa shape index (κ1) is 15.6. The highest BCUT2D eigenvalue weighted by atomic mass is 16.4. The molecule has 118 valence electrons. The van der Waals surface area contributed by atoms with Crippen LogP contribution < -0.4 is 0 Å². The number of rotatable bonds is 4. The predicted octanol–water partition coefficient (Wildman–Crippen LogP) is 4.82. The molecule has 0 amide bonds. The first-order chi connectivity index (χ1) is 11.6. The lowest BCUT2D eigenvalue weighted by Gasteiger charge is -2.13. The molecule has 0 fully saturated rings. The molecule has 0 bridgehead atoms. The Morgan fingerprint density at radius 3 is 2.21 bits per heavy atom. The van der Waals surface area contributed by atoms with Crippen LogP contribution in [0.5, 0.6) is 5.75 Å². The SMILES string of the molecule is C=C(c1ccc(O)c(C(=O)O)c1)c1ccccc1-c1ccccc1. The molecule has 0 saturated heterocycles. The second kappa shape index (κ2) is 6.42. The largest absolute Gasteiger partial charge is 0.507 e. The van der Waals surface area contributed by atoms with E-state index < -0.39 is 5.97 Å². The van der Waals surface area contributed by atoms with Crippen LogP contribution in [-0.2, 0) is 0 Å². The van der Waals surface area contributed by atoms with E-state index in [1.807, 2.05) is 54.6 Å². The van der Waals surface area contributed by atoms with E-state index in [0.29, 0.717) is 11.1 Å². The Labute approximate surface area is 140 Å². The molecule has 0 saturated carbocycles. The fourth-order valence-corrected chi connectivity index (χ4v) is 2.67. The summed E-state index contributed by atoms with van der Waals surface area (Å²) in [5, 5.41) is 18.9. The van der Waals surface area contributed by atoms with E-state index in [0.717, 1.165) is 16.7 Å². The van der Waals surface area contributed by atoms with Gasteiger partial charge in [-0.15, -0.1) is 0 Å². The number of carboxylic acid groups (broad SMARTS) is 1. The lowest BCUT2D eigenvalue weighted by Crippen LogP contribution is -1.99. The zero-order valence-corrected chi connectivity index (χ0v) is 12.9. The van der Waals surface area contributed by atoms with Crippen LogP contribution >= 0.6 is 0 Å². The van der Waals surface area contributed by atoms with Crippen LogP contribution in [0.25, 0.3) is 16.7 Å². The minimum Gasteiger partial charge on any atom is -0.507 e. The minimum atomic E-state index is -1.17. The highest BCUT2D eigenvalue weighted by molar-refractivity contribution is 5.94. The van der Waals surface area contributed by atoms with Crippen molar-refractivity contribution in [2.75, 3.05) is 0 Å². The Kier molecular flexibility index (Phi) is 4.17. The first-order valence-electron chi connectivity index (χ1n) is 7.48. The quantitative estimate of drug-likeness (QED) is 0.725. The summed E-state index contributed by atoms with van der Waals surface area (Å²) in [6.07, 6.45) is 0. The fourth-order valence-electron chi connectivity index (χ4n) is 2.67. The maximum atomic E-state index is 11.2. The second-order valence-electron chi connectivity index (χ2n) is 5.43. The van der Waals surface area contributed by atoms with Crippen molar-refractivity contribution in [3.8, 4) is 16.9 Å². The molecule has 3 nitrogen and oxygen atoms in total. The van der Waals surface area contributed by atoms with Crippen LogP contribution in [0.3, 0.4) is 0 Å². The van der Waals surface area contributed by atoms with E-state index in [9.17, 15) is 15.0 Å². The van der Waals surface area contributed by atoms with Crippen molar-refractivity contribution in [2.24, 2.45) is 0 Å². The van der Waals surface area contributed by atoms with Crippen molar-refractivity contribution < 1.29 is 15.0 Å². The molecule has 0 heterocycles. The van der Waals surface area contributed by atoms with Crippen LogP contribution in [0.1, 0.15) is 21.5 Å². The van der Waals surface area contributed by atoms with Crippen LogP contribution in [0.4, 0.5) is 0 Å². The number of hydrogen-bond acceptors (Lipinski definition) is 2. The van der Waals surface area contributed by atoms with E-state index >= 15 is 0 Å². The molecule has 0 aliphatic heterocycles. The van der Waals surface area contributed by atoms with Gasteiger partial charge in [0, 0.05) is 0 Å². The number of carbonyl (C=O) groups is 1. The molecule has 3 heteroatoms. The highest BCUT2D eigenvalue weighted by Crippen LogP contribution is 2.33. The Balaban J connectivity index is 2.09. The molecule has 0 unspecified atom stereocenters. The van der Waals surface area contributed by atoms with Crippen molar-refractivity contribution in [2.45, 2.75) is 0 Å². The summed E-state index contributed by atoms with van der Waals surface area (Å²) in [7, 11) is 0. The van der Waals surface area contributed by atoms with Crippen molar-refractivity contribution in [3.63, 3.8) is 0 Å². The zero-order chi connectivity index (χ0) is 17.1. The Hall–Kier alpha value is -3.33. The molecule has 0 aliphatic carbocycles. The summed E-state index contributed by atoms with van der Waals surface area (Å²) in [6, 6.07) is 22.3. The van der Waals surface area contributed by atoms with Crippen LogP contribution in [0, 0.1) is 0 Å². The summed E-state index contributed by atoms with van der Waals surface area (Å²) >= 11 is 0. The average molecular weight is 316 g/mol. The van der Waals surface area contributed by atoms with Crippen molar-refractivity contribution >= 4 is 11.5 Å². The summed E-state index contributed by atoms with van der Waals surface area (Å²) < 4.78 is 0. The number of aromatic hydroxyl groups is 1. The van der Waals surface area contributed by atoms with E-state index in [1.54, 1.807) is 6.07 Å². The smallest absolute Gasteiger partial charge is 0.339 e. The third-order valence-corrected chi connectivity index (χ3v) is 3.91. The summed E-state index contributed by atoms with van der Waals surface area (Å²) in [5.41, 5.74) is 4.24. The molecule has 3 rings (SSSR count). The lowest BCUT2D eigenvalue weighted by atomic mass is 9.91. The first-order valence-corrected chi connectivity index (χ1v) is 7.48. The summed E-state index contributed by atoms with van der Waals surface area (Å²) in [6.45, 7) is 4.14. The van der Waals surface area contributed by atoms with Gasteiger partial charge in [0.2, 0.25) is 0 Å². The molecule has 0 spiro atoms. The number of benzene rings is 3. The van der Waals surface area contributed by atoms with Gasteiger partial charge in [-0.05, 0) is 40.0 Å². The molecular weight excluding hydrogens is 300 g/mol. The van der Waals surface area contributed by atoms with Crippen LogP contribution in [0.2, 0.25) is 0 Å². The third kappa shape index (κ3) is 2.92. The van der Waals surface area contributed by atoms with E-state index in [4.69, 9.17) is 0 Å². The van der Waals surface area contributed by atoms with Gasteiger partial charge in [0.15, 0.2) is 0 Å². The molecule has 2 N–H and O–H groups in total.